The van der Waals surface area contributed by atoms with Crippen LogP contribution in [0.1, 0.15) is 33.3 Å². The number of benzene rings is 2. The molecule has 4 rings (SSSR count). The van der Waals surface area contributed by atoms with E-state index in [1.54, 1.807) is 7.11 Å². The normalized spacial score (nSPS) is 17.9. The Morgan fingerprint density at radius 2 is 1.64 bits per heavy atom. The molecule has 3 aromatic rings. The molecule has 1 aromatic heterocycles. The fourth-order valence-corrected chi connectivity index (χ4v) is 3.70. The molecule has 5 heteroatoms. The Labute approximate surface area is 167 Å². The first kappa shape index (κ1) is 19.0. The topological polar surface area (TPSA) is 40.6 Å². The van der Waals surface area contributed by atoms with Crippen LogP contribution in [0.5, 0.6) is 5.75 Å². The zero-order valence-corrected chi connectivity index (χ0v) is 17.4. The van der Waals surface area contributed by atoms with Gasteiger partial charge in [0.1, 0.15) is 5.75 Å². The molecule has 2 heterocycles. The van der Waals surface area contributed by atoms with Gasteiger partial charge in [0.05, 0.1) is 24.0 Å². The van der Waals surface area contributed by atoms with Crippen LogP contribution in [0.15, 0.2) is 48.7 Å². The zero-order valence-electron chi connectivity index (χ0n) is 17.4. The zero-order chi connectivity index (χ0) is 20.1. The monoisotopic (exact) mass is 375 g/mol. The fraction of sp³-hybridized carbons (Fsp3) is 0.348. The number of hydrogen-bond acceptors (Lipinski definition) is 4. The van der Waals surface area contributed by atoms with Crippen LogP contribution in [-0.4, -0.2) is 30.4 Å². The number of fused-ring (bicyclic) bond motifs is 1. The van der Waals surface area contributed by atoms with Gasteiger partial charge in [0.2, 0.25) is 0 Å². The van der Waals surface area contributed by atoms with Crippen molar-refractivity contribution in [3.63, 3.8) is 0 Å². The van der Waals surface area contributed by atoms with Gasteiger partial charge in [-0.1, -0.05) is 24.3 Å². The summed E-state index contributed by atoms with van der Waals surface area (Å²) in [5.74, 6) is 0.784. The second-order valence-electron chi connectivity index (χ2n) is 8.38. The molecule has 0 saturated carbocycles. The van der Waals surface area contributed by atoms with E-state index < -0.39 is 18.3 Å². The molecule has 0 bridgehead atoms. The summed E-state index contributed by atoms with van der Waals surface area (Å²) in [6, 6.07) is 14.4. The van der Waals surface area contributed by atoms with E-state index in [1.165, 1.54) is 0 Å². The Hall–Kier alpha value is -2.37. The number of pyridine rings is 1. The van der Waals surface area contributed by atoms with Crippen molar-refractivity contribution in [3.8, 4) is 17.0 Å². The minimum absolute atomic E-state index is 0.419. The number of rotatable bonds is 3. The highest BCUT2D eigenvalue weighted by Crippen LogP contribution is 2.38. The van der Waals surface area contributed by atoms with E-state index in [1.807, 2.05) is 36.5 Å². The van der Waals surface area contributed by atoms with Crippen LogP contribution in [0.4, 0.5) is 0 Å². The maximum Gasteiger partial charge on any atom is 0.495 e. The fourth-order valence-electron chi connectivity index (χ4n) is 3.70. The number of ether oxygens (including phenoxy) is 1. The number of nitrogens with zero attached hydrogens (tertiary/aromatic N) is 1. The van der Waals surface area contributed by atoms with Gasteiger partial charge >= 0.3 is 7.12 Å². The molecule has 2 aromatic carbocycles. The summed E-state index contributed by atoms with van der Waals surface area (Å²) in [7, 11) is 1.19. The molecule has 0 atom stereocenters. The van der Waals surface area contributed by atoms with Gasteiger partial charge in [-0.25, -0.2) is 0 Å². The molecule has 0 unspecified atom stereocenters. The van der Waals surface area contributed by atoms with Gasteiger partial charge in [-0.3, -0.25) is 4.98 Å². The standard InChI is InChI=1S/C23H26BNO3/c1-15-13-17(26-6)14-19(24-27-22(2,3)23(4,5)28-24)20(15)21-18-10-8-7-9-16(18)11-12-25-21/h7-14H,1-6H3. The molecule has 0 aliphatic carbocycles. The molecule has 0 amide bonds. The SMILES string of the molecule is COc1cc(C)c(-c2nccc3ccccc23)c(B2OC(C)(C)C(C)(C)O2)c1. The highest BCUT2D eigenvalue weighted by Gasteiger charge is 2.52. The van der Waals surface area contributed by atoms with Gasteiger partial charge in [-0.15, -0.1) is 0 Å². The lowest BCUT2D eigenvalue weighted by atomic mass is 9.73. The quantitative estimate of drug-likeness (QED) is 0.632. The lowest BCUT2D eigenvalue weighted by Crippen LogP contribution is -2.41. The lowest BCUT2D eigenvalue weighted by Gasteiger charge is -2.32. The summed E-state index contributed by atoms with van der Waals surface area (Å²) in [6.07, 6.45) is 1.86. The third kappa shape index (κ3) is 2.99. The average Bonchev–Trinajstić information content (AvgIpc) is 2.88. The molecule has 1 aliphatic rings. The van der Waals surface area contributed by atoms with E-state index in [9.17, 15) is 0 Å². The number of aromatic nitrogens is 1. The van der Waals surface area contributed by atoms with E-state index in [0.29, 0.717) is 0 Å². The first-order valence-electron chi connectivity index (χ1n) is 9.62. The lowest BCUT2D eigenvalue weighted by molar-refractivity contribution is 0.00578. The van der Waals surface area contributed by atoms with Gasteiger partial charge in [0.15, 0.2) is 0 Å². The summed E-state index contributed by atoms with van der Waals surface area (Å²) in [6.45, 7) is 10.3. The van der Waals surface area contributed by atoms with Crippen molar-refractivity contribution in [1.29, 1.82) is 0 Å². The Balaban J connectivity index is 1.96. The summed E-state index contributed by atoms with van der Waals surface area (Å²) in [4.78, 5) is 4.75. The molecule has 4 nitrogen and oxygen atoms in total. The predicted molar refractivity (Wildman–Crippen MR) is 114 cm³/mol. The summed E-state index contributed by atoms with van der Waals surface area (Å²) in [5.41, 5.74) is 3.15. The van der Waals surface area contributed by atoms with E-state index in [0.717, 1.165) is 38.8 Å². The Kier molecular flexibility index (Phi) is 4.48. The van der Waals surface area contributed by atoms with E-state index in [-0.39, 0.29) is 0 Å². The molecule has 1 saturated heterocycles. The highest BCUT2D eigenvalue weighted by molar-refractivity contribution is 6.64. The maximum atomic E-state index is 6.37. The van der Waals surface area contributed by atoms with Gasteiger partial charge in [0, 0.05) is 17.1 Å². The molecule has 0 N–H and O–H groups in total. The number of methoxy groups -OCH3 is 1. The minimum atomic E-state index is -0.491. The van der Waals surface area contributed by atoms with Gasteiger partial charge in [-0.05, 0) is 69.2 Å². The van der Waals surface area contributed by atoms with Crippen LogP contribution in [0.2, 0.25) is 0 Å². The summed E-state index contributed by atoms with van der Waals surface area (Å²) in [5, 5.41) is 2.26. The molecular formula is C23H26BNO3. The third-order valence-electron chi connectivity index (χ3n) is 5.99. The molecule has 1 aliphatic heterocycles. The largest absolute Gasteiger partial charge is 0.497 e. The van der Waals surface area contributed by atoms with E-state index in [2.05, 4.69) is 46.8 Å². The maximum absolute atomic E-state index is 6.37. The van der Waals surface area contributed by atoms with Crippen molar-refractivity contribution in [2.75, 3.05) is 7.11 Å². The van der Waals surface area contributed by atoms with Crippen molar-refractivity contribution < 1.29 is 14.0 Å². The average molecular weight is 375 g/mol. The minimum Gasteiger partial charge on any atom is -0.497 e. The molecule has 0 spiro atoms. The van der Waals surface area contributed by atoms with Crippen molar-refractivity contribution in [2.24, 2.45) is 0 Å². The van der Waals surface area contributed by atoms with Gasteiger partial charge in [0.25, 0.3) is 0 Å². The first-order valence-corrected chi connectivity index (χ1v) is 9.62. The van der Waals surface area contributed by atoms with Crippen molar-refractivity contribution in [3.05, 3.63) is 54.2 Å². The Bertz CT molecular complexity index is 1020. The van der Waals surface area contributed by atoms with Crippen LogP contribution < -0.4 is 10.2 Å². The van der Waals surface area contributed by atoms with Crippen molar-refractivity contribution in [2.45, 2.75) is 45.8 Å². The first-order chi connectivity index (χ1) is 13.2. The van der Waals surface area contributed by atoms with Crippen LogP contribution in [0.3, 0.4) is 0 Å². The van der Waals surface area contributed by atoms with Crippen LogP contribution in [0, 0.1) is 6.92 Å². The highest BCUT2D eigenvalue weighted by atomic mass is 16.7. The molecular weight excluding hydrogens is 349 g/mol. The second kappa shape index (κ2) is 6.61. The molecule has 1 fully saturated rings. The Morgan fingerprint density at radius 1 is 0.964 bits per heavy atom. The van der Waals surface area contributed by atoms with Gasteiger partial charge in [-0.2, -0.15) is 0 Å². The third-order valence-corrected chi connectivity index (χ3v) is 5.99. The Morgan fingerprint density at radius 3 is 2.32 bits per heavy atom. The van der Waals surface area contributed by atoms with Crippen LogP contribution >= 0.6 is 0 Å². The predicted octanol–water partition coefficient (Wildman–Crippen LogP) is 4.52. The van der Waals surface area contributed by atoms with Gasteiger partial charge < -0.3 is 14.0 Å². The molecule has 28 heavy (non-hydrogen) atoms. The second-order valence-corrected chi connectivity index (χ2v) is 8.38. The van der Waals surface area contributed by atoms with E-state index in [4.69, 9.17) is 19.0 Å². The molecule has 144 valence electrons. The number of aryl methyl sites for hydroxylation is 1. The number of hydrogen-bond donors (Lipinski definition) is 0. The smallest absolute Gasteiger partial charge is 0.495 e. The summed E-state index contributed by atoms with van der Waals surface area (Å²) < 4.78 is 18.3. The summed E-state index contributed by atoms with van der Waals surface area (Å²) >= 11 is 0. The van der Waals surface area contributed by atoms with Crippen molar-refractivity contribution in [1.82, 2.24) is 4.98 Å². The van der Waals surface area contributed by atoms with E-state index >= 15 is 0 Å². The van der Waals surface area contributed by atoms with Crippen LogP contribution in [0.25, 0.3) is 22.0 Å². The van der Waals surface area contributed by atoms with Crippen LogP contribution in [-0.2, 0) is 9.31 Å². The molecule has 0 radical (unpaired) electrons. The van der Waals surface area contributed by atoms with Crippen molar-refractivity contribution >= 4 is 23.4 Å².